The van der Waals surface area contributed by atoms with Crippen LogP contribution in [0.1, 0.15) is 31.2 Å². The third-order valence-electron chi connectivity index (χ3n) is 3.70. The molecule has 0 spiro atoms. The molecule has 4 nitrogen and oxygen atoms in total. The second kappa shape index (κ2) is 7.06. The lowest BCUT2D eigenvalue weighted by Gasteiger charge is -2.25. The summed E-state index contributed by atoms with van der Waals surface area (Å²) in [5.41, 5.74) is 1.00. The molecule has 4 heteroatoms. The van der Waals surface area contributed by atoms with E-state index in [9.17, 15) is 10.1 Å². The summed E-state index contributed by atoms with van der Waals surface area (Å²) in [6.07, 6.45) is 1.81. The van der Waals surface area contributed by atoms with Crippen LogP contribution in [0.2, 0.25) is 0 Å². The van der Waals surface area contributed by atoms with Crippen molar-refractivity contribution in [1.82, 2.24) is 4.90 Å². The maximum Gasteiger partial charge on any atom is 0.323 e. The monoisotopic (exact) mass is 272 g/mol. The average molecular weight is 272 g/mol. The van der Waals surface area contributed by atoms with Gasteiger partial charge >= 0.3 is 5.97 Å². The first-order valence-corrected chi connectivity index (χ1v) is 7.11. The van der Waals surface area contributed by atoms with Crippen LogP contribution in [0.5, 0.6) is 0 Å². The normalized spacial score (nSPS) is 20.3. The Morgan fingerprint density at radius 3 is 2.90 bits per heavy atom. The van der Waals surface area contributed by atoms with Gasteiger partial charge in [0, 0.05) is 6.54 Å². The molecule has 1 aliphatic rings. The van der Waals surface area contributed by atoms with Gasteiger partial charge < -0.3 is 4.74 Å². The topological polar surface area (TPSA) is 53.3 Å². The molecule has 20 heavy (non-hydrogen) atoms. The van der Waals surface area contributed by atoms with Gasteiger partial charge in [-0.2, -0.15) is 5.26 Å². The van der Waals surface area contributed by atoms with E-state index in [1.165, 1.54) is 0 Å². The van der Waals surface area contributed by atoms with Gasteiger partial charge in [-0.1, -0.05) is 30.3 Å². The number of nitrogens with zero attached hydrogens (tertiary/aromatic N) is 2. The summed E-state index contributed by atoms with van der Waals surface area (Å²) in [6.45, 7) is 3.67. The molecule has 2 unspecified atom stereocenters. The van der Waals surface area contributed by atoms with E-state index in [1.54, 1.807) is 0 Å². The van der Waals surface area contributed by atoms with Crippen molar-refractivity contribution in [1.29, 1.82) is 5.26 Å². The Hall–Kier alpha value is -1.86. The first-order valence-electron chi connectivity index (χ1n) is 7.11. The molecule has 2 atom stereocenters. The SMILES string of the molecule is CCOC(=O)C1CCCN1CC(C#N)c1ccccc1. The number of benzene rings is 1. The lowest BCUT2D eigenvalue weighted by Crippen LogP contribution is -2.39. The van der Waals surface area contributed by atoms with E-state index in [2.05, 4.69) is 11.0 Å². The van der Waals surface area contributed by atoms with Gasteiger partial charge in [-0.05, 0) is 31.9 Å². The van der Waals surface area contributed by atoms with Crippen molar-refractivity contribution in [2.75, 3.05) is 19.7 Å². The summed E-state index contributed by atoms with van der Waals surface area (Å²) in [7, 11) is 0. The molecule has 1 aromatic rings. The van der Waals surface area contributed by atoms with Crippen LogP contribution in [-0.2, 0) is 9.53 Å². The lowest BCUT2D eigenvalue weighted by atomic mass is 10.00. The van der Waals surface area contributed by atoms with Crippen LogP contribution in [-0.4, -0.2) is 36.6 Å². The number of likely N-dealkylation sites (tertiary alicyclic amines) is 1. The van der Waals surface area contributed by atoms with Gasteiger partial charge in [-0.3, -0.25) is 9.69 Å². The fourth-order valence-corrected chi connectivity index (χ4v) is 2.69. The summed E-state index contributed by atoms with van der Waals surface area (Å²) in [4.78, 5) is 14.0. The van der Waals surface area contributed by atoms with Gasteiger partial charge in [-0.15, -0.1) is 0 Å². The van der Waals surface area contributed by atoms with Crippen molar-refractivity contribution in [2.45, 2.75) is 31.7 Å². The van der Waals surface area contributed by atoms with Crippen LogP contribution >= 0.6 is 0 Å². The minimum absolute atomic E-state index is 0.158. The molecule has 0 amide bonds. The largest absolute Gasteiger partial charge is 0.465 e. The van der Waals surface area contributed by atoms with Crippen molar-refractivity contribution in [3.8, 4) is 6.07 Å². The van der Waals surface area contributed by atoms with Crippen LogP contribution in [0, 0.1) is 11.3 Å². The second-order valence-corrected chi connectivity index (χ2v) is 5.00. The van der Waals surface area contributed by atoms with Crippen LogP contribution in [0.4, 0.5) is 0 Å². The smallest absolute Gasteiger partial charge is 0.323 e. The van der Waals surface area contributed by atoms with Gasteiger partial charge in [0.1, 0.15) is 6.04 Å². The Balaban J connectivity index is 2.04. The number of esters is 1. The van der Waals surface area contributed by atoms with Gasteiger partial charge in [0.15, 0.2) is 0 Å². The zero-order valence-electron chi connectivity index (χ0n) is 11.8. The van der Waals surface area contributed by atoms with Gasteiger partial charge in [0.25, 0.3) is 0 Å². The molecule has 0 saturated carbocycles. The molecule has 2 rings (SSSR count). The summed E-state index contributed by atoms with van der Waals surface area (Å²) >= 11 is 0. The van der Waals surface area contributed by atoms with Crippen LogP contribution < -0.4 is 0 Å². The number of carbonyl (C=O) groups is 1. The van der Waals surface area contributed by atoms with E-state index in [0.717, 1.165) is 24.9 Å². The zero-order chi connectivity index (χ0) is 14.4. The highest BCUT2D eigenvalue weighted by Crippen LogP contribution is 2.23. The molecular formula is C16H20N2O2. The highest BCUT2D eigenvalue weighted by molar-refractivity contribution is 5.76. The molecule has 0 N–H and O–H groups in total. The third-order valence-corrected chi connectivity index (χ3v) is 3.70. The van der Waals surface area contributed by atoms with E-state index >= 15 is 0 Å². The highest BCUT2D eigenvalue weighted by Gasteiger charge is 2.33. The number of hydrogen-bond donors (Lipinski definition) is 0. The predicted octanol–water partition coefficient (Wildman–Crippen LogP) is 2.32. The molecule has 0 bridgehead atoms. The molecule has 1 aliphatic heterocycles. The minimum atomic E-state index is -0.203. The molecule has 0 aromatic heterocycles. The van der Waals surface area contributed by atoms with Crippen LogP contribution in [0.25, 0.3) is 0 Å². The minimum Gasteiger partial charge on any atom is -0.465 e. The Kier molecular flexibility index (Phi) is 5.14. The van der Waals surface area contributed by atoms with E-state index in [1.807, 2.05) is 37.3 Å². The van der Waals surface area contributed by atoms with Crippen molar-refractivity contribution in [3.05, 3.63) is 35.9 Å². The van der Waals surface area contributed by atoms with Crippen molar-refractivity contribution in [3.63, 3.8) is 0 Å². The van der Waals surface area contributed by atoms with E-state index < -0.39 is 0 Å². The van der Waals surface area contributed by atoms with Gasteiger partial charge in [0.2, 0.25) is 0 Å². The Morgan fingerprint density at radius 1 is 1.50 bits per heavy atom. The van der Waals surface area contributed by atoms with E-state index in [4.69, 9.17) is 4.74 Å². The summed E-state index contributed by atoms with van der Waals surface area (Å²) in [5.74, 6) is -0.360. The first-order chi connectivity index (χ1) is 9.76. The predicted molar refractivity (Wildman–Crippen MR) is 76.0 cm³/mol. The number of nitriles is 1. The van der Waals surface area contributed by atoms with Gasteiger partial charge in [0.05, 0.1) is 18.6 Å². The molecule has 1 heterocycles. The molecule has 1 aromatic carbocycles. The summed E-state index contributed by atoms with van der Waals surface area (Å²) in [5, 5.41) is 9.38. The number of hydrogen-bond acceptors (Lipinski definition) is 4. The molecular weight excluding hydrogens is 252 g/mol. The molecule has 106 valence electrons. The number of ether oxygens (including phenoxy) is 1. The summed E-state index contributed by atoms with van der Waals surface area (Å²) in [6, 6.07) is 11.9. The zero-order valence-corrected chi connectivity index (χ0v) is 11.8. The number of rotatable bonds is 5. The average Bonchev–Trinajstić information content (AvgIpc) is 2.94. The molecule has 1 fully saturated rings. The Bertz CT molecular complexity index is 481. The highest BCUT2D eigenvalue weighted by atomic mass is 16.5. The van der Waals surface area contributed by atoms with Crippen molar-refractivity contribution >= 4 is 5.97 Å². The Labute approximate surface area is 120 Å². The second-order valence-electron chi connectivity index (χ2n) is 5.00. The maximum atomic E-state index is 11.9. The molecule has 0 aliphatic carbocycles. The fourth-order valence-electron chi connectivity index (χ4n) is 2.69. The van der Waals surface area contributed by atoms with Crippen LogP contribution in [0.15, 0.2) is 30.3 Å². The van der Waals surface area contributed by atoms with Gasteiger partial charge in [-0.25, -0.2) is 0 Å². The van der Waals surface area contributed by atoms with Crippen LogP contribution in [0.3, 0.4) is 0 Å². The van der Waals surface area contributed by atoms with E-state index in [0.29, 0.717) is 13.2 Å². The third kappa shape index (κ3) is 3.37. The first kappa shape index (κ1) is 14.5. The maximum absolute atomic E-state index is 11.9. The molecule has 1 saturated heterocycles. The summed E-state index contributed by atoms with van der Waals surface area (Å²) < 4.78 is 5.11. The quantitative estimate of drug-likeness (QED) is 0.772. The Morgan fingerprint density at radius 2 is 2.25 bits per heavy atom. The van der Waals surface area contributed by atoms with Crippen molar-refractivity contribution in [2.24, 2.45) is 0 Å². The standard InChI is InChI=1S/C16H20N2O2/c1-2-20-16(19)15-9-6-10-18(15)12-14(11-17)13-7-4-3-5-8-13/h3-5,7-8,14-15H,2,6,9-10,12H2,1H3. The van der Waals surface area contributed by atoms with Crippen molar-refractivity contribution < 1.29 is 9.53 Å². The van der Waals surface area contributed by atoms with E-state index in [-0.39, 0.29) is 17.9 Å². The number of carbonyl (C=O) groups excluding carboxylic acids is 1. The molecule has 0 radical (unpaired) electrons. The fraction of sp³-hybridized carbons (Fsp3) is 0.500. The lowest BCUT2D eigenvalue weighted by molar-refractivity contribution is -0.148.